The van der Waals surface area contributed by atoms with E-state index >= 15 is 0 Å². The van der Waals surface area contributed by atoms with Crippen LogP contribution in [0.5, 0.6) is 11.5 Å². The fraction of sp³-hybridized carbons (Fsp3) is 0.333. The van der Waals surface area contributed by atoms with Crippen molar-refractivity contribution in [3.8, 4) is 11.5 Å². The summed E-state index contributed by atoms with van der Waals surface area (Å²) >= 11 is 1.51. The number of amides is 1. The minimum Gasteiger partial charge on any atom is -0.497 e. The Morgan fingerprint density at radius 3 is 2.28 bits per heavy atom. The molecule has 0 saturated heterocycles. The summed E-state index contributed by atoms with van der Waals surface area (Å²) in [6.07, 6.45) is 0.855. The summed E-state index contributed by atoms with van der Waals surface area (Å²) in [6.45, 7) is 1.49. The van der Waals surface area contributed by atoms with Crippen LogP contribution in [0.25, 0.3) is 10.2 Å². The Morgan fingerprint density at radius 1 is 1.00 bits per heavy atom. The third-order valence-electron chi connectivity index (χ3n) is 4.38. The van der Waals surface area contributed by atoms with E-state index < -0.39 is 0 Å². The third kappa shape index (κ3) is 5.59. The van der Waals surface area contributed by atoms with Crippen LogP contribution in [-0.2, 0) is 0 Å². The molecule has 0 fully saturated rings. The van der Waals surface area contributed by atoms with Crippen molar-refractivity contribution < 1.29 is 14.3 Å². The molecule has 0 atom stereocenters. The first kappa shape index (κ1) is 22.9. The molecule has 3 aromatic rings. The van der Waals surface area contributed by atoms with Crippen molar-refractivity contribution in [2.75, 3.05) is 46.3 Å². The maximum atomic E-state index is 13.2. The molecule has 0 aliphatic rings. The highest BCUT2D eigenvalue weighted by Crippen LogP contribution is 2.32. The lowest BCUT2D eigenvalue weighted by Crippen LogP contribution is -2.33. The second-order valence-electron chi connectivity index (χ2n) is 6.67. The van der Waals surface area contributed by atoms with Crippen LogP contribution in [0.1, 0.15) is 16.8 Å². The van der Waals surface area contributed by atoms with Gasteiger partial charge in [-0.15, -0.1) is 12.4 Å². The monoisotopic (exact) mass is 435 g/mol. The number of anilines is 1. The van der Waals surface area contributed by atoms with Crippen LogP contribution in [0, 0.1) is 0 Å². The van der Waals surface area contributed by atoms with Crippen LogP contribution in [-0.4, -0.2) is 57.2 Å². The molecule has 0 aliphatic heterocycles. The Labute approximate surface area is 181 Å². The average Bonchev–Trinajstić information content (AvgIpc) is 3.13. The number of ether oxygens (including phenoxy) is 2. The van der Waals surface area contributed by atoms with Gasteiger partial charge in [-0.05, 0) is 63.5 Å². The zero-order valence-electron chi connectivity index (χ0n) is 17.0. The first-order valence-corrected chi connectivity index (χ1v) is 9.88. The topological polar surface area (TPSA) is 54.9 Å². The summed E-state index contributed by atoms with van der Waals surface area (Å²) < 4.78 is 11.5. The number of methoxy groups -OCH3 is 2. The summed E-state index contributed by atoms with van der Waals surface area (Å²) in [4.78, 5) is 21.8. The van der Waals surface area contributed by atoms with E-state index in [0.29, 0.717) is 17.2 Å². The van der Waals surface area contributed by atoms with E-state index in [2.05, 4.69) is 4.90 Å². The molecule has 1 heterocycles. The molecule has 6 nitrogen and oxygen atoms in total. The Kier molecular flexibility index (Phi) is 8.25. The lowest BCUT2D eigenvalue weighted by Gasteiger charge is -2.21. The first-order chi connectivity index (χ1) is 13.5. The van der Waals surface area contributed by atoms with Gasteiger partial charge in [-0.2, -0.15) is 0 Å². The number of aromatic nitrogens is 1. The number of hydrogen-bond acceptors (Lipinski definition) is 6. The van der Waals surface area contributed by atoms with Crippen LogP contribution < -0.4 is 14.4 Å². The number of halogens is 1. The number of fused-ring (bicyclic) bond motifs is 1. The fourth-order valence-corrected chi connectivity index (χ4v) is 3.83. The summed E-state index contributed by atoms with van der Waals surface area (Å²) in [7, 11) is 7.30. The molecule has 1 aromatic heterocycles. The van der Waals surface area contributed by atoms with Crippen molar-refractivity contribution in [3.05, 3.63) is 48.0 Å². The quantitative estimate of drug-likeness (QED) is 0.527. The van der Waals surface area contributed by atoms with Crippen LogP contribution in [0.15, 0.2) is 42.5 Å². The first-order valence-electron chi connectivity index (χ1n) is 9.07. The number of nitrogens with zero attached hydrogens (tertiary/aromatic N) is 3. The predicted molar refractivity (Wildman–Crippen MR) is 121 cm³/mol. The average molecular weight is 436 g/mol. The maximum Gasteiger partial charge on any atom is 0.260 e. The van der Waals surface area contributed by atoms with Gasteiger partial charge in [0, 0.05) is 18.2 Å². The number of hydrogen-bond donors (Lipinski definition) is 0. The second-order valence-corrected chi connectivity index (χ2v) is 7.68. The highest BCUT2D eigenvalue weighted by Gasteiger charge is 2.21. The van der Waals surface area contributed by atoms with E-state index in [-0.39, 0.29) is 18.3 Å². The summed E-state index contributed by atoms with van der Waals surface area (Å²) in [5, 5.41) is 0.697. The van der Waals surface area contributed by atoms with E-state index in [1.807, 2.05) is 32.3 Å². The summed E-state index contributed by atoms with van der Waals surface area (Å²) in [5.74, 6) is 1.42. The van der Waals surface area contributed by atoms with Gasteiger partial charge in [-0.1, -0.05) is 11.3 Å². The largest absolute Gasteiger partial charge is 0.497 e. The Morgan fingerprint density at radius 2 is 1.66 bits per heavy atom. The molecule has 0 aliphatic carbocycles. The number of benzene rings is 2. The van der Waals surface area contributed by atoms with Crippen LogP contribution in [0.4, 0.5) is 5.13 Å². The third-order valence-corrected chi connectivity index (χ3v) is 5.44. The van der Waals surface area contributed by atoms with Gasteiger partial charge in [0.1, 0.15) is 11.5 Å². The smallest absolute Gasteiger partial charge is 0.260 e. The Bertz CT molecular complexity index is 944. The maximum absolute atomic E-state index is 13.2. The van der Waals surface area contributed by atoms with Crippen molar-refractivity contribution in [2.24, 2.45) is 0 Å². The highest BCUT2D eigenvalue weighted by atomic mass is 35.5. The second kappa shape index (κ2) is 10.4. The Hall–Kier alpha value is -2.35. The van der Waals surface area contributed by atoms with Gasteiger partial charge < -0.3 is 14.4 Å². The molecule has 2 aromatic carbocycles. The minimum absolute atomic E-state index is 0. The molecule has 8 heteroatoms. The van der Waals surface area contributed by atoms with Crippen molar-refractivity contribution >= 4 is 45.0 Å². The number of carbonyl (C=O) groups is 1. The van der Waals surface area contributed by atoms with Crippen LogP contribution >= 0.6 is 23.7 Å². The molecule has 0 unspecified atom stereocenters. The molecular formula is C21H26ClN3O3S. The van der Waals surface area contributed by atoms with Crippen molar-refractivity contribution in [2.45, 2.75) is 6.42 Å². The molecular weight excluding hydrogens is 410 g/mol. The van der Waals surface area contributed by atoms with Gasteiger partial charge in [-0.25, -0.2) is 4.98 Å². The lowest BCUT2D eigenvalue weighted by molar-refractivity contribution is 0.0986. The molecule has 0 bridgehead atoms. The Balaban J connectivity index is 0.00000300. The normalized spacial score (nSPS) is 10.7. The van der Waals surface area contributed by atoms with E-state index in [1.54, 1.807) is 43.4 Å². The highest BCUT2D eigenvalue weighted by molar-refractivity contribution is 7.22. The molecule has 3 rings (SSSR count). The van der Waals surface area contributed by atoms with Gasteiger partial charge in [0.2, 0.25) is 0 Å². The van der Waals surface area contributed by atoms with Gasteiger partial charge in [0.15, 0.2) is 5.13 Å². The fourth-order valence-electron chi connectivity index (χ4n) is 2.86. The van der Waals surface area contributed by atoms with E-state index in [0.717, 1.165) is 34.7 Å². The zero-order chi connectivity index (χ0) is 20.1. The minimum atomic E-state index is -0.0626. The molecule has 1 amide bonds. The lowest BCUT2D eigenvalue weighted by atomic mass is 10.2. The molecule has 0 saturated carbocycles. The van der Waals surface area contributed by atoms with Crippen molar-refractivity contribution in [1.82, 2.24) is 9.88 Å². The van der Waals surface area contributed by atoms with Gasteiger partial charge in [0.25, 0.3) is 5.91 Å². The standard InChI is InChI=1S/C21H25N3O3S.ClH/c1-23(2)12-5-13-24(20(25)15-6-8-16(26-3)9-7-15)21-22-18-14-17(27-4)10-11-19(18)28-21;/h6-11,14H,5,12-13H2,1-4H3;1H. The van der Waals surface area contributed by atoms with Crippen LogP contribution in [0.3, 0.4) is 0 Å². The van der Waals surface area contributed by atoms with E-state index in [1.165, 1.54) is 11.3 Å². The molecule has 0 N–H and O–H groups in total. The van der Waals surface area contributed by atoms with Crippen LogP contribution in [0.2, 0.25) is 0 Å². The SMILES string of the molecule is COc1ccc(C(=O)N(CCCN(C)C)c2nc3cc(OC)ccc3s2)cc1.Cl. The van der Waals surface area contributed by atoms with E-state index in [4.69, 9.17) is 14.5 Å². The molecule has 0 spiro atoms. The van der Waals surface area contributed by atoms with E-state index in [9.17, 15) is 4.79 Å². The van der Waals surface area contributed by atoms with Gasteiger partial charge >= 0.3 is 0 Å². The van der Waals surface area contributed by atoms with Gasteiger partial charge in [-0.3, -0.25) is 9.69 Å². The van der Waals surface area contributed by atoms with Crippen molar-refractivity contribution in [3.63, 3.8) is 0 Å². The van der Waals surface area contributed by atoms with Gasteiger partial charge in [0.05, 0.1) is 24.4 Å². The summed E-state index contributed by atoms with van der Waals surface area (Å²) in [6, 6.07) is 13.0. The molecule has 29 heavy (non-hydrogen) atoms. The number of thiazole rings is 1. The number of carbonyl (C=O) groups excluding carboxylic acids is 1. The zero-order valence-corrected chi connectivity index (χ0v) is 18.7. The summed E-state index contributed by atoms with van der Waals surface area (Å²) in [5.41, 5.74) is 1.45. The number of rotatable bonds is 8. The molecule has 156 valence electrons. The van der Waals surface area contributed by atoms with Crippen molar-refractivity contribution in [1.29, 1.82) is 0 Å². The molecule has 0 radical (unpaired) electrons. The predicted octanol–water partition coefficient (Wildman–Crippen LogP) is 4.33.